The molecule has 2 aromatic rings. The van der Waals surface area contributed by atoms with E-state index in [1.54, 1.807) is 0 Å². The Morgan fingerprint density at radius 3 is 2.76 bits per heavy atom. The Morgan fingerprint density at radius 2 is 2.18 bits per heavy atom. The molecule has 0 aliphatic carbocycles. The average Bonchev–Trinajstić information content (AvgIpc) is 2.78. The van der Waals surface area contributed by atoms with Gasteiger partial charge in [0.1, 0.15) is 11.7 Å². The van der Waals surface area contributed by atoms with Gasteiger partial charge in [-0.05, 0) is 6.07 Å². The zero-order chi connectivity index (χ0) is 12.4. The van der Waals surface area contributed by atoms with Crippen molar-refractivity contribution in [1.82, 2.24) is 9.97 Å². The number of hydrogen-bond donors (Lipinski definition) is 3. The molecule has 0 aliphatic rings. The predicted octanol–water partition coefficient (Wildman–Crippen LogP) is 2.48. The molecular weight excluding hydrogens is 212 g/mol. The largest absolute Gasteiger partial charge is 0.384 e. The summed E-state index contributed by atoms with van der Waals surface area (Å²) < 4.78 is 0. The monoisotopic (exact) mass is 228 g/mol. The third-order valence-electron chi connectivity index (χ3n) is 2.63. The third-order valence-corrected chi connectivity index (χ3v) is 2.63. The van der Waals surface area contributed by atoms with E-state index < -0.39 is 0 Å². The number of rotatable bonds is 3. The van der Waals surface area contributed by atoms with E-state index in [2.05, 4.69) is 23.8 Å². The van der Waals surface area contributed by atoms with Crippen LogP contribution in [0.25, 0.3) is 11.3 Å². The van der Waals surface area contributed by atoms with Gasteiger partial charge in [-0.1, -0.05) is 32.0 Å². The summed E-state index contributed by atoms with van der Waals surface area (Å²) >= 11 is 0. The lowest BCUT2D eigenvalue weighted by Gasteiger charge is -2.02. The van der Waals surface area contributed by atoms with Crippen molar-refractivity contribution >= 4 is 5.84 Å². The van der Waals surface area contributed by atoms with Crippen molar-refractivity contribution in [3.8, 4) is 11.3 Å². The van der Waals surface area contributed by atoms with Gasteiger partial charge in [-0.2, -0.15) is 0 Å². The van der Waals surface area contributed by atoms with Gasteiger partial charge < -0.3 is 10.7 Å². The molecule has 4 N–H and O–H groups in total. The summed E-state index contributed by atoms with van der Waals surface area (Å²) in [6.07, 6.45) is 1.81. The number of nitrogens with zero attached hydrogens (tertiary/aromatic N) is 1. The number of hydrogen-bond acceptors (Lipinski definition) is 2. The van der Waals surface area contributed by atoms with Gasteiger partial charge in [0.05, 0.1) is 11.9 Å². The summed E-state index contributed by atoms with van der Waals surface area (Å²) in [6.45, 7) is 4.18. The van der Waals surface area contributed by atoms with Gasteiger partial charge in [-0.3, -0.25) is 5.41 Å². The van der Waals surface area contributed by atoms with E-state index in [1.807, 2.05) is 30.5 Å². The molecule has 0 fully saturated rings. The van der Waals surface area contributed by atoms with Gasteiger partial charge in [0.2, 0.25) is 0 Å². The normalized spacial score (nSPS) is 10.8. The number of nitrogens with one attached hydrogen (secondary N) is 2. The molecule has 0 saturated heterocycles. The van der Waals surface area contributed by atoms with Crippen LogP contribution in [0.5, 0.6) is 0 Å². The van der Waals surface area contributed by atoms with Crippen LogP contribution in [-0.4, -0.2) is 15.8 Å². The van der Waals surface area contributed by atoms with Crippen LogP contribution < -0.4 is 5.73 Å². The number of nitrogens with two attached hydrogens (primary N) is 1. The molecule has 0 atom stereocenters. The van der Waals surface area contributed by atoms with Gasteiger partial charge in [-0.25, -0.2) is 4.98 Å². The Balaban J connectivity index is 2.38. The quantitative estimate of drug-likeness (QED) is 0.557. The van der Waals surface area contributed by atoms with Gasteiger partial charge in [0, 0.05) is 17.0 Å². The summed E-state index contributed by atoms with van der Waals surface area (Å²) in [5, 5.41) is 7.42. The van der Waals surface area contributed by atoms with E-state index in [-0.39, 0.29) is 5.84 Å². The van der Waals surface area contributed by atoms with Crippen molar-refractivity contribution in [3.05, 3.63) is 41.9 Å². The molecule has 0 amide bonds. The summed E-state index contributed by atoms with van der Waals surface area (Å²) in [5.41, 5.74) is 8.15. The molecule has 1 heterocycles. The van der Waals surface area contributed by atoms with Crippen molar-refractivity contribution in [2.45, 2.75) is 19.8 Å². The molecule has 0 spiro atoms. The summed E-state index contributed by atoms with van der Waals surface area (Å²) in [5.74, 6) is 1.42. The minimum atomic E-state index is 0.0791. The Labute approximate surface area is 100 Å². The first-order valence-corrected chi connectivity index (χ1v) is 5.57. The van der Waals surface area contributed by atoms with E-state index in [9.17, 15) is 0 Å². The third kappa shape index (κ3) is 2.36. The van der Waals surface area contributed by atoms with Gasteiger partial charge in [0.15, 0.2) is 0 Å². The molecule has 0 aliphatic heterocycles. The second-order valence-electron chi connectivity index (χ2n) is 4.33. The summed E-state index contributed by atoms with van der Waals surface area (Å²) in [7, 11) is 0. The molecule has 17 heavy (non-hydrogen) atoms. The molecule has 4 heteroatoms. The highest BCUT2D eigenvalue weighted by Crippen LogP contribution is 2.20. The summed E-state index contributed by atoms with van der Waals surface area (Å²) in [6, 6.07) is 7.58. The maximum atomic E-state index is 7.42. The molecule has 1 aromatic carbocycles. The van der Waals surface area contributed by atoms with Gasteiger partial charge in [-0.15, -0.1) is 0 Å². The number of imidazole rings is 1. The standard InChI is InChI=1S/C13H16N4/c1-8(2)13-16-7-11(17-13)9-4-3-5-10(6-9)12(14)15/h3-8H,1-2H3,(H3,14,15)(H,16,17). The Morgan fingerprint density at radius 1 is 1.41 bits per heavy atom. The molecule has 0 saturated carbocycles. The van der Waals surface area contributed by atoms with E-state index >= 15 is 0 Å². The number of amidine groups is 1. The number of benzene rings is 1. The van der Waals surface area contributed by atoms with Crippen LogP contribution in [0, 0.1) is 5.41 Å². The smallest absolute Gasteiger partial charge is 0.122 e. The second kappa shape index (κ2) is 4.41. The zero-order valence-electron chi connectivity index (χ0n) is 9.99. The van der Waals surface area contributed by atoms with Crippen LogP contribution in [0.2, 0.25) is 0 Å². The average molecular weight is 228 g/mol. The fourth-order valence-corrected chi connectivity index (χ4v) is 1.63. The Bertz CT molecular complexity index is 540. The van der Waals surface area contributed by atoms with Crippen molar-refractivity contribution < 1.29 is 0 Å². The van der Waals surface area contributed by atoms with Gasteiger partial charge >= 0.3 is 0 Å². The molecule has 1 aromatic heterocycles. The maximum absolute atomic E-state index is 7.42. The van der Waals surface area contributed by atoms with E-state index in [0.29, 0.717) is 5.92 Å². The van der Waals surface area contributed by atoms with E-state index in [4.69, 9.17) is 11.1 Å². The van der Waals surface area contributed by atoms with Crippen molar-refractivity contribution in [2.75, 3.05) is 0 Å². The molecule has 88 valence electrons. The zero-order valence-corrected chi connectivity index (χ0v) is 9.99. The fraction of sp³-hybridized carbons (Fsp3) is 0.231. The fourth-order valence-electron chi connectivity index (χ4n) is 1.63. The van der Waals surface area contributed by atoms with Crippen molar-refractivity contribution in [2.24, 2.45) is 5.73 Å². The minimum Gasteiger partial charge on any atom is -0.384 e. The molecule has 2 rings (SSSR count). The van der Waals surface area contributed by atoms with E-state index in [0.717, 1.165) is 22.6 Å². The van der Waals surface area contributed by atoms with Crippen molar-refractivity contribution in [3.63, 3.8) is 0 Å². The van der Waals surface area contributed by atoms with Crippen LogP contribution in [0.4, 0.5) is 0 Å². The number of H-pyrrole nitrogens is 1. The highest BCUT2D eigenvalue weighted by Gasteiger charge is 2.07. The predicted molar refractivity (Wildman–Crippen MR) is 69.1 cm³/mol. The minimum absolute atomic E-state index is 0.0791. The van der Waals surface area contributed by atoms with Crippen LogP contribution >= 0.6 is 0 Å². The first-order chi connectivity index (χ1) is 8.08. The first-order valence-electron chi connectivity index (χ1n) is 5.57. The molecule has 0 bridgehead atoms. The molecule has 4 nitrogen and oxygen atoms in total. The maximum Gasteiger partial charge on any atom is 0.122 e. The van der Waals surface area contributed by atoms with Crippen LogP contribution in [-0.2, 0) is 0 Å². The lowest BCUT2D eigenvalue weighted by molar-refractivity contribution is 0.795. The molecular formula is C13H16N4. The van der Waals surface area contributed by atoms with Crippen LogP contribution in [0.3, 0.4) is 0 Å². The van der Waals surface area contributed by atoms with Gasteiger partial charge in [0.25, 0.3) is 0 Å². The molecule has 0 unspecified atom stereocenters. The molecule has 0 radical (unpaired) electrons. The van der Waals surface area contributed by atoms with Crippen LogP contribution in [0.1, 0.15) is 31.2 Å². The lowest BCUT2D eigenvalue weighted by atomic mass is 10.1. The number of aromatic nitrogens is 2. The Hall–Kier alpha value is -2.10. The first kappa shape index (κ1) is 11.4. The number of nitrogen functional groups attached to an aromatic ring is 1. The second-order valence-corrected chi connectivity index (χ2v) is 4.33. The summed E-state index contributed by atoms with van der Waals surface area (Å²) in [4.78, 5) is 7.60. The topological polar surface area (TPSA) is 78.6 Å². The Kier molecular flexibility index (Phi) is 2.95. The highest BCUT2D eigenvalue weighted by atomic mass is 14.9. The lowest BCUT2D eigenvalue weighted by Crippen LogP contribution is -2.10. The highest BCUT2D eigenvalue weighted by molar-refractivity contribution is 5.95. The number of aromatic amines is 1. The van der Waals surface area contributed by atoms with Crippen molar-refractivity contribution in [1.29, 1.82) is 5.41 Å². The SMILES string of the molecule is CC(C)c1ncc(-c2cccc(C(=N)N)c2)[nH]1. The van der Waals surface area contributed by atoms with Crippen LogP contribution in [0.15, 0.2) is 30.5 Å². The van der Waals surface area contributed by atoms with E-state index in [1.165, 1.54) is 0 Å².